The van der Waals surface area contributed by atoms with Gasteiger partial charge in [0.1, 0.15) is 0 Å². The SMILES string of the molecule is CCc1cccc2sc(N(CCCN(C)C)C(=O)CSc3ccccc3)nc12.Cl. The van der Waals surface area contributed by atoms with Gasteiger partial charge in [-0.1, -0.05) is 48.6 Å². The highest BCUT2D eigenvalue weighted by atomic mass is 35.5. The van der Waals surface area contributed by atoms with Gasteiger partial charge in [-0.05, 0) is 57.2 Å². The normalized spacial score (nSPS) is 10.9. The topological polar surface area (TPSA) is 36.4 Å². The van der Waals surface area contributed by atoms with E-state index in [-0.39, 0.29) is 18.3 Å². The number of anilines is 1. The zero-order valence-corrected chi connectivity index (χ0v) is 19.6. The quantitative estimate of drug-likeness (QED) is 0.412. The maximum Gasteiger partial charge on any atom is 0.239 e. The first-order valence-corrected chi connectivity index (χ1v) is 11.4. The zero-order valence-electron chi connectivity index (χ0n) is 17.1. The predicted molar refractivity (Wildman–Crippen MR) is 129 cm³/mol. The third-order valence-corrected chi connectivity index (χ3v) is 6.54. The van der Waals surface area contributed by atoms with Gasteiger partial charge in [0.2, 0.25) is 5.91 Å². The van der Waals surface area contributed by atoms with E-state index in [9.17, 15) is 4.79 Å². The van der Waals surface area contributed by atoms with Crippen LogP contribution in [0.4, 0.5) is 5.13 Å². The molecule has 1 amide bonds. The number of thiazole rings is 1. The van der Waals surface area contributed by atoms with Crippen molar-refractivity contribution in [3.8, 4) is 0 Å². The summed E-state index contributed by atoms with van der Waals surface area (Å²) in [5.74, 6) is 0.535. The van der Waals surface area contributed by atoms with E-state index in [0.29, 0.717) is 12.3 Å². The first-order valence-electron chi connectivity index (χ1n) is 9.60. The van der Waals surface area contributed by atoms with Crippen LogP contribution in [0.25, 0.3) is 10.2 Å². The Balaban J connectivity index is 0.00000300. The number of nitrogens with zero attached hydrogens (tertiary/aromatic N) is 3. The summed E-state index contributed by atoms with van der Waals surface area (Å²) in [6, 6.07) is 16.4. The third-order valence-electron chi connectivity index (χ3n) is 4.50. The molecule has 0 saturated heterocycles. The van der Waals surface area contributed by atoms with E-state index in [1.165, 1.54) is 5.56 Å². The fraction of sp³-hybridized carbons (Fsp3) is 0.364. The molecule has 0 aliphatic heterocycles. The van der Waals surface area contributed by atoms with Crippen molar-refractivity contribution < 1.29 is 4.79 Å². The minimum Gasteiger partial charge on any atom is -0.309 e. The van der Waals surface area contributed by atoms with Crippen molar-refractivity contribution in [2.24, 2.45) is 0 Å². The van der Waals surface area contributed by atoms with Gasteiger partial charge >= 0.3 is 0 Å². The molecule has 29 heavy (non-hydrogen) atoms. The van der Waals surface area contributed by atoms with Crippen LogP contribution < -0.4 is 4.90 Å². The molecule has 156 valence electrons. The van der Waals surface area contributed by atoms with Gasteiger partial charge < -0.3 is 4.90 Å². The number of hydrogen-bond donors (Lipinski definition) is 0. The molecule has 1 heterocycles. The molecule has 3 aromatic rings. The fourth-order valence-corrected chi connectivity index (χ4v) is 4.86. The lowest BCUT2D eigenvalue weighted by molar-refractivity contribution is -0.116. The molecule has 0 unspecified atom stereocenters. The maximum absolute atomic E-state index is 13.1. The average molecular weight is 450 g/mol. The highest BCUT2D eigenvalue weighted by Gasteiger charge is 2.20. The van der Waals surface area contributed by atoms with E-state index in [0.717, 1.165) is 39.6 Å². The van der Waals surface area contributed by atoms with Crippen molar-refractivity contribution in [1.82, 2.24) is 9.88 Å². The summed E-state index contributed by atoms with van der Waals surface area (Å²) in [5.41, 5.74) is 2.27. The smallest absolute Gasteiger partial charge is 0.239 e. The van der Waals surface area contributed by atoms with Crippen molar-refractivity contribution in [2.75, 3.05) is 37.8 Å². The first kappa shape index (κ1) is 23.7. The summed E-state index contributed by atoms with van der Waals surface area (Å²) in [4.78, 5) is 23.1. The molecule has 0 radical (unpaired) electrons. The van der Waals surface area contributed by atoms with Crippen LogP contribution in [0.3, 0.4) is 0 Å². The van der Waals surface area contributed by atoms with Crippen molar-refractivity contribution in [3.63, 3.8) is 0 Å². The molecule has 3 rings (SSSR count). The summed E-state index contributed by atoms with van der Waals surface area (Å²) in [6.07, 6.45) is 1.87. The summed E-state index contributed by atoms with van der Waals surface area (Å²) in [5, 5.41) is 0.813. The lowest BCUT2D eigenvalue weighted by atomic mass is 10.1. The Labute approximate surface area is 187 Å². The van der Waals surface area contributed by atoms with Crippen LogP contribution in [0.15, 0.2) is 53.4 Å². The largest absolute Gasteiger partial charge is 0.309 e. The second kappa shape index (κ2) is 11.6. The lowest BCUT2D eigenvalue weighted by Gasteiger charge is -2.21. The zero-order chi connectivity index (χ0) is 19.9. The maximum atomic E-state index is 13.1. The number of amides is 1. The molecule has 1 aromatic heterocycles. The summed E-state index contributed by atoms with van der Waals surface area (Å²) < 4.78 is 1.15. The van der Waals surface area contributed by atoms with Crippen molar-refractivity contribution in [2.45, 2.75) is 24.7 Å². The number of fused-ring (bicyclic) bond motifs is 1. The van der Waals surface area contributed by atoms with Crippen molar-refractivity contribution in [1.29, 1.82) is 0 Å². The van der Waals surface area contributed by atoms with E-state index >= 15 is 0 Å². The third kappa shape index (κ3) is 6.44. The Morgan fingerprint density at radius 2 is 1.83 bits per heavy atom. The Bertz CT molecular complexity index is 915. The number of carbonyl (C=O) groups excluding carboxylic acids is 1. The molecule has 7 heteroatoms. The van der Waals surface area contributed by atoms with Gasteiger partial charge in [0.25, 0.3) is 0 Å². The second-order valence-electron chi connectivity index (χ2n) is 6.92. The average Bonchev–Trinajstić information content (AvgIpc) is 3.14. The number of rotatable bonds is 9. The molecule has 4 nitrogen and oxygen atoms in total. The van der Waals surface area contributed by atoms with Gasteiger partial charge in [-0.2, -0.15) is 0 Å². The number of halogens is 1. The molecule has 0 aliphatic rings. The Morgan fingerprint density at radius 1 is 1.07 bits per heavy atom. The monoisotopic (exact) mass is 449 g/mol. The molecule has 0 saturated carbocycles. The molecule has 2 aromatic carbocycles. The number of thioether (sulfide) groups is 1. The van der Waals surface area contributed by atoms with E-state index in [4.69, 9.17) is 4.98 Å². The molecule has 0 fully saturated rings. The van der Waals surface area contributed by atoms with Crippen LogP contribution in [0.1, 0.15) is 18.9 Å². The lowest BCUT2D eigenvalue weighted by Crippen LogP contribution is -2.34. The van der Waals surface area contributed by atoms with Gasteiger partial charge in [-0.15, -0.1) is 24.2 Å². The van der Waals surface area contributed by atoms with Crippen LogP contribution in [0.5, 0.6) is 0 Å². The molecule has 0 atom stereocenters. The van der Waals surface area contributed by atoms with Gasteiger partial charge in [-0.3, -0.25) is 9.69 Å². The van der Waals surface area contributed by atoms with Gasteiger partial charge in [-0.25, -0.2) is 4.98 Å². The van der Waals surface area contributed by atoms with Crippen LogP contribution in [0.2, 0.25) is 0 Å². The number of benzene rings is 2. The highest BCUT2D eigenvalue weighted by molar-refractivity contribution is 8.00. The summed E-state index contributed by atoms with van der Waals surface area (Å²) in [7, 11) is 4.12. The molecular formula is C22H28ClN3OS2. The van der Waals surface area contributed by atoms with Crippen molar-refractivity contribution in [3.05, 3.63) is 54.1 Å². The number of hydrogen-bond acceptors (Lipinski definition) is 5. The van der Waals surface area contributed by atoms with E-state index in [1.54, 1.807) is 23.1 Å². The second-order valence-corrected chi connectivity index (χ2v) is 8.98. The predicted octanol–water partition coefficient (Wildman–Crippen LogP) is 5.36. The molecule has 0 bridgehead atoms. The van der Waals surface area contributed by atoms with E-state index in [2.05, 4.69) is 44.1 Å². The van der Waals surface area contributed by atoms with Gasteiger partial charge in [0.15, 0.2) is 5.13 Å². The molecule has 0 aliphatic carbocycles. The molecular weight excluding hydrogens is 422 g/mol. The molecule has 0 N–H and O–H groups in total. The Morgan fingerprint density at radius 3 is 2.52 bits per heavy atom. The number of aromatic nitrogens is 1. The summed E-state index contributed by atoms with van der Waals surface area (Å²) in [6.45, 7) is 3.78. The van der Waals surface area contributed by atoms with Crippen LogP contribution in [-0.4, -0.2) is 48.7 Å². The van der Waals surface area contributed by atoms with E-state index < -0.39 is 0 Å². The standard InChI is InChI=1S/C22H27N3OS2.ClH/c1-4-17-10-8-13-19-21(17)23-22(28-19)25(15-9-14-24(2)3)20(26)16-27-18-11-6-5-7-12-18;/h5-8,10-13H,4,9,14-16H2,1-3H3;1H. The Hall–Kier alpha value is -1.60. The summed E-state index contributed by atoms with van der Waals surface area (Å²) >= 11 is 3.20. The highest BCUT2D eigenvalue weighted by Crippen LogP contribution is 2.32. The Kier molecular flexibility index (Phi) is 9.43. The minimum absolute atomic E-state index is 0. The van der Waals surface area contributed by atoms with Gasteiger partial charge in [0, 0.05) is 11.4 Å². The first-order chi connectivity index (χ1) is 13.6. The minimum atomic E-state index is 0. The number of carbonyl (C=O) groups is 1. The number of para-hydroxylation sites is 1. The van der Waals surface area contributed by atoms with E-state index in [1.807, 2.05) is 35.2 Å². The fourth-order valence-electron chi connectivity index (χ4n) is 3.01. The van der Waals surface area contributed by atoms with Crippen LogP contribution in [-0.2, 0) is 11.2 Å². The van der Waals surface area contributed by atoms with Crippen molar-refractivity contribution >= 4 is 56.8 Å². The van der Waals surface area contributed by atoms with Crippen LogP contribution in [0, 0.1) is 0 Å². The number of aryl methyl sites for hydroxylation is 1. The van der Waals surface area contributed by atoms with Gasteiger partial charge in [0.05, 0.1) is 16.0 Å². The molecule has 0 spiro atoms. The van der Waals surface area contributed by atoms with Crippen LogP contribution >= 0.6 is 35.5 Å².